The van der Waals surface area contributed by atoms with Crippen molar-refractivity contribution >= 4 is 0 Å². The molecule has 5 aliphatic rings. The van der Waals surface area contributed by atoms with Crippen LogP contribution in [-0.4, -0.2) is 12.7 Å². The Morgan fingerprint density at radius 1 is 0.900 bits per heavy atom. The maximum atomic E-state index is 5.34. The zero-order valence-corrected chi connectivity index (χ0v) is 12.2. The standard InChI is InChI=1S/C19H24O/c1-3-17(4-2-13(1)8-18-12-20-18)19-9-14-5-15(10-19)7-16(6-14)11-19/h1-4,14-16,18H,5-12H2. The average molecular weight is 268 g/mol. The summed E-state index contributed by atoms with van der Waals surface area (Å²) in [6.07, 6.45) is 10.7. The molecule has 106 valence electrons. The second-order valence-corrected chi connectivity index (χ2v) is 8.05. The van der Waals surface area contributed by atoms with Gasteiger partial charge in [-0.1, -0.05) is 24.3 Å². The predicted molar refractivity (Wildman–Crippen MR) is 79.7 cm³/mol. The van der Waals surface area contributed by atoms with Gasteiger partial charge in [0, 0.05) is 6.42 Å². The molecule has 1 atom stereocenters. The van der Waals surface area contributed by atoms with Gasteiger partial charge in [0.05, 0.1) is 12.7 Å². The zero-order chi connectivity index (χ0) is 13.2. The molecule has 0 aromatic heterocycles. The summed E-state index contributed by atoms with van der Waals surface area (Å²) < 4.78 is 5.34. The summed E-state index contributed by atoms with van der Waals surface area (Å²) in [6, 6.07) is 9.64. The van der Waals surface area contributed by atoms with Gasteiger partial charge in [0.15, 0.2) is 0 Å². The lowest BCUT2D eigenvalue weighted by atomic mass is 9.48. The van der Waals surface area contributed by atoms with Crippen molar-refractivity contribution in [1.82, 2.24) is 0 Å². The molecule has 0 amide bonds. The van der Waals surface area contributed by atoms with Gasteiger partial charge in [-0.3, -0.25) is 0 Å². The highest BCUT2D eigenvalue weighted by Gasteiger charge is 2.51. The monoisotopic (exact) mass is 268 g/mol. The van der Waals surface area contributed by atoms with Crippen LogP contribution in [0.5, 0.6) is 0 Å². The van der Waals surface area contributed by atoms with E-state index in [0.717, 1.165) is 30.8 Å². The number of benzene rings is 1. The van der Waals surface area contributed by atoms with E-state index < -0.39 is 0 Å². The molecule has 1 saturated heterocycles. The van der Waals surface area contributed by atoms with E-state index in [2.05, 4.69) is 24.3 Å². The minimum absolute atomic E-state index is 0.514. The molecule has 1 nitrogen and oxygen atoms in total. The summed E-state index contributed by atoms with van der Waals surface area (Å²) in [5.41, 5.74) is 3.67. The fourth-order valence-electron chi connectivity index (χ4n) is 5.91. The number of rotatable bonds is 3. The number of hydrogen-bond acceptors (Lipinski definition) is 1. The van der Waals surface area contributed by atoms with Gasteiger partial charge in [-0.15, -0.1) is 0 Å². The van der Waals surface area contributed by atoms with Gasteiger partial charge in [0.1, 0.15) is 0 Å². The van der Waals surface area contributed by atoms with E-state index in [0.29, 0.717) is 11.5 Å². The maximum absolute atomic E-state index is 5.34. The minimum atomic E-state index is 0.514. The van der Waals surface area contributed by atoms with E-state index in [1.54, 1.807) is 5.56 Å². The van der Waals surface area contributed by atoms with Gasteiger partial charge in [0.2, 0.25) is 0 Å². The molecule has 1 aromatic carbocycles. The molecule has 4 aliphatic carbocycles. The third kappa shape index (κ3) is 1.86. The summed E-state index contributed by atoms with van der Waals surface area (Å²) in [5, 5.41) is 0. The first-order valence-electron chi connectivity index (χ1n) is 8.50. The van der Waals surface area contributed by atoms with Crippen LogP contribution in [0.1, 0.15) is 49.7 Å². The number of ether oxygens (including phenoxy) is 1. The Bertz CT molecular complexity index is 476. The normalized spacial score (nSPS) is 44.8. The molecule has 4 bridgehead atoms. The van der Waals surface area contributed by atoms with E-state index in [1.807, 2.05) is 0 Å². The molecule has 6 rings (SSSR count). The van der Waals surface area contributed by atoms with Crippen LogP contribution in [0.3, 0.4) is 0 Å². The van der Waals surface area contributed by atoms with Gasteiger partial charge in [-0.05, 0) is 72.8 Å². The third-order valence-corrected chi connectivity index (χ3v) is 6.47. The fourth-order valence-corrected chi connectivity index (χ4v) is 5.91. The Hall–Kier alpha value is -0.820. The quantitative estimate of drug-likeness (QED) is 0.752. The number of hydrogen-bond donors (Lipinski definition) is 0. The molecule has 1 aliphatic heterocycles. The van der Waals surface area contributed by atoms with Gasteiger partial charge < -0.3 is 4.74 Å². The van der Waals surface area contributed by atoms with Crippen molar-refractivity contribution in [2.45, 2.75) is 56.5 Å². The lowest BCUT2D eigenvalue weighted by Crippen LogP contribution is -2.48. The Kier molecular flexibility index (Phi) is 2.42. The predicted octanol–water partition coefficient (Wildman–Crippen LogP) is 4.10. The molecule has 0 spiro atoms. The molecule has 5 fully saturated rings. The molecule has 0 N–H and O–H groups in total. The molecule has 0 radical (unpaired) electrons. The molecule has 1 heteroatoms. The third-order valence-electron chi connectivity index (χ3n) is 6.47. The van der Waals surface area contributed by atoms with E-state index in [-0.39, 0.29) is 0 Å². The van der Waals surface area contributed by atoms with Crippen LogP contribution in [0.4, 0.5) is 0 Å². The van der Waals surface area contributed by atoms with Crippen LogP contribution in [0.15, 0.2) is 24.3 Å². The molecule has 4 saturated carbocycles. The van der Waals surface area contributed by atoms with Gasteiger partial charge in [0.25, 0.3) is 0 Å². The zero-order valence-electron chi connectivity index (χ0n) is 12.2. The Balaban J connectivity index is 1.43. The van der Waals surface area contributed by atoms with Crippen molar-refractivity contribution in [3.05, 3.63) is 35.4 Å². The molecular weight excluding hydrogens is 244 g/mol. The van der Waals surface area contributed by atoms with Crippen LogP contribution in [-0.2, 0) is 16.6 Å². The Labute approximate surface area is 121 Å². The fraction of sp³-hybridized carbons (Fsp3) is 0.684. The lowest BCUT2D eigenvalue weighted by molar-refractivity contribution is -0.00519. The van der Waals surface area contributed by atoms with E-state index in [9.17, 15) is 0 Å². The van der Waals surface area contributed by atoms with Gasteiger partial charge in [-0.2, -0.15) is 0 Å². The van der Waals surface area contributed by atoms with E-state index >= 15 is 0 Å². The molecule has 20 heavy (non-hydrogen) atoms. The maximum Gasteiger partial charge on any atom is 0.0850 e. The van der Waals surface area contributed by atoms with Gasteiger partial charge in [-0.25, -0.2) is 0 Å². The van der Waals surface area contributed by atoms with Crippen LogP contribution in [0, 0.1) is 17.8 Å². The minimum Gasteiger partial charge on any atom is -0.373 e. The summed E-state index contributed by atoms with van der Waals surface area (Å²) in [4.78, 5) is 0. The van der Waals surface area contributed by atoms with Gasteiger partial charge >= 0.3 is 0 Å². The topological polar surface area (TPSA) is 12.5 Å². The first kappa shape index (κ1) is 11.8. The first-order chi connectivity index (χ1) is 9.79. The second kappa shape index (κ2) is 4.10. The second-order valence-electron chi connectivity index (χ2n) is 8.05. The van der Waals surface area contributed by atoms with Crippen LogP contribution in [0.25, 0.3) is 0 Å². The molecule has 1 aromatic rings. The highest BCUT2D eigenvalue weighted by Crippen LogP contribution is 2.60. The molecule has 1 heterocycles. The van der Waals surface area contributed by atoms with E-state index in [1.165, 1.54) is 44.1 Å². The summed E-state index contributed by atoms with van der Waals surface area (Å²) in [5.74, 6) is 3.13. The Morgan fingerprint density at radius 3 is 1.95 bits per heavy atom. The summed E-state index contributed by atoms with van der Waals surface area (Å²) >= 11 is 0. The van der Waals surface area contributed by atoms with Crippen LogP contribution >= 0.6 is 0 Å². The van der Waals surface area contributed by atoms with Crippen molar-refractivity contribution in [2.75, 3.05) is 6.61 Å². The van der Waals surface area contributed by atoms with Crippen molar-refractivity contribution in [3.8, 4) is 0 Å². The van der Waals surface area contributed by atoms with E-state index in [4.69, 9.17) is 4.74 Å². The molecule has 1 unspecified atom stereocenters. The lowest BCUT2D eigenvalue weighted by Gasteiger charge is -2.57. The highest BCUT2D eigenvalue weighted by atomic mass is 16.6. The summed E-state index contributed by atoms with van der Waals surface area (Å²) in [6.45, 7) is 0.969. The summed E-state index contributed by atoms with van der Waals surface area (Å²) in [7, 11) is 0. The Morgan fingerprint density at radius 2 is 1.45 bits per heavy atom. The largest absolute Gasteiger partial charge is 0.373 e. The number of epoxide rings is 1. The van der Waals surface area contributed by atoms with Crippen LogP contribution in [0.2, 0.25) is 0 Å². The van der Waals surface area contributed by atoms with Crippen molar-refractivity contribution < 1.29 is 4.74 Å². The van der Waals surface area contributed by atoms with Crippen LogP contribution < -0.4 is 0 Å². The smallest absolute Gasteiger partial charge is 0.0850 e. The average Bonchev–Trinajstić information content (AvgIpc) is 3.22. The SMILES string of the molecule is c1cc(C23CC4CC(CC(C4)C2)C3)ccc1CC1CO1. The van der Waals surface area contributed by atoms with Crippen molar-refractivity contribution in [2.24, 2.45) is 17.8 Å². The highest BCUT2D eigenvalue weighted by molar-refractivity contribution is 5.32. The first-order valence-corrected chi connectivity index (χ1v) is 8.50. The molecular formula is C19H24O. The van der Waals surface area contributed by atoms with Crippen molar-refractivity contribution in [1.29, 1.82) is 0 Å². The van der Waals surface area contributed by atoms with Crippen molar-refractivity contribution in [3.63, 3.8) is 0 Å².